The van der Waals surface area contributed by atoms with E-state index in [4.69, 9.17) is 15.0 Å². The number of hydrogen-bond acceptors (Lipinski definition) is 3. The van der Waals surface area contributed by atoms with E-state index in [1.54, 1.807) is 0 Å². The molecule has 4 saturated carbocycles. The van der Waals surface area contributed by atoms with E-state index in [0.717, 1.165) is 45.7 Å². The lowest BCUT2D eigenvalue weighted by molar-refractivity contribution is 0.229. The molecule has 4 bridgehead atoms. The molecule has 1 heterocycles. The Hall–Kier alpha value is -5.93. The van der Waals surface area contributed by atoms with Crippen LogP contribution < -0.4 is 0 Å². The molecular formula is C50H39N3. The zero-order valence-corrected chi connectivity index (χ0v) is 29.6. The van der Waals surface area contributed by atoms with Crippen molar-refractivity contribution in [2.45, 2.75) is 37.5 Å². The van der Waals surface area contributed by atoms with Crippen LogP contribution in [-0.2, 0) is 5.41 Å². The summed E-state index contributed by atoms with van der Waals surface area (Å²) in [5, 5.41) is 4.84. The van der Waals surface area contributed by atoms with E-state index < -0.39 is 0 Å². The minimum absolute atomic E-state index is 0.387. The Morgan fingerprint density at radius 2 is 0.830 bits per heavy atom. The van der Waals surface area contributed by atoms with E-state index in [1.165, 1.54) is 76.1 Å². The van der Waals surface area contributed by atoms with Crippen LogP contribution in [0.1, 0.15) is 37.7 Å². The summed E-state index contributed by atoms with van der Waals surface area (Å²) < 4.78 is 0. The van der Waals surface area contributed by atoms with Gasteiger partial charge >= 0.3 is 0 Å². The fraction of sp³-hybridized carbons (Fsp3) is 0.180. The maximum Gasteiger partial charge on any atom is 0.164 e. The lowest BCUT2D eigenvalue weighted by atomic mass is 9.66. The molecule has 0 saturated heterocycles. The van der Waals surface area contributed by atoms with Gasteiger partial charge < -0.3 is 0 Å². The van der Waals surface area contributed by atoms with Crippen molar-refractivity contribution in [3.05, 3.63) is 163 Å². The van der Waals surface area contributed by atoms with Crippen LogP contribution in [0.3, 0.4) is 0 Å². The SMILES string of the molecule is c1ccc(-c2nc(-c3ccc(C45CC6CC(C4)C(C6)C5)cc3)nc(-c3ccc4cc(-c5ccccc5-c5ccc6ccccc6c5)ccc4c3)n2)cc1. The number of aromatic nitrogens is 3. The highest BCUT2D eigenvalue weighted by atomic mass is 15.0. The van der Waals surface area contributed by atoms with E-state index in [2.05, 4.69) is 140 Å². The molecule has 2 atom stereocenters. The van der Waals surface area contributed by atoms with Gasteiger partial charge in [-0.1, -0.05) is 140 Å². The third kappa shape index (κ3) is 5.29. The van der Waals surface area contributed by atoms with Gasteiger partial charge in [-0.15, -0.1) is 0 Å². The Morgan fingerprint density at radius 3 is 1.45 bits per heavy atom. The summed E-state index contributed by atoms with van der Waals surface area (Å²) in [6.07, 6.45) is 7.06. The second kappa shape index (κ2) is 12.1. The predicted molar refractivity (Wildman–Crippen MR) is 217 cm³/mol. The van der Waals surface area contributed by atoms with Crippen molar-refractivity contribution in [1.29, 1.82) is 0 Å². The molecular weight excluding hydrogens is 643 g/mol. The van der Waals surface area contributed by atoms with Gasteiger partial charge in [0.1, 0.15) is 0 Å². The van der Waals surface area contributed by atoms with Gasteiger partial charge in [-0.05, 0) is 123 Å². The number of benzene rings is 7. The van der Waals surface area contributed by atoms with E-state index in [9.17, 15) is 0 Å². The maximum absolute atomic E-state index is 5.12. The first-order valence-electron chi connectivity index (χ1n) is 19.2. The largest absolute Gasteiger partial charge is 0.208 e. The molecule has 7 aromatic carbocycles. The summed E-state index contributed by atoms with van der Waals surface area (Å²) in [5.74, 6) is 4.94. The van der Waals surface area contributed by atoms with Gasteiger partial charge in [-0.25, -0.2) is 15.0 Å². The van der Waals surface area contributed by atoms with Gasteiger partial charge in [0, 0.05) is 16.7 Å². The molecule has 0 radical (unpaired) electrons. The molecule has 1 aromatic heterocycles. The van der Waals surface area contributed by atoms with Crippen LogP contribution in [0.15, 0.2) is 158 Å². The van der Waals surface area contributed by atoms with E-state index in [0.29, 0.717) is 17.1 Å². The fourth-order valence-corrected chi connectivity index (χ4v) is 10.4. The predicted octanol–water partition coefficient (Wildman–Crippen LogP) is 12.6. The van der Waals surface area contributed by atoms with Crippen molar-refractivity contribution in [3.63, 3.8) is 0 Å². The van der Waals surface area contributed by atoms with E-state index in [1.807, 2.05) is 18.2 Å². The molecule has 0 aliphatic heterocycles. The number of fused-ring (bicyclic) bond motifs is 2. The second-order valence-electron chi connectivity index (χ2n) is 15.9. The third-order valence-corrected chi connectivity index (χ3v) is 12.7. The normalized spacial score (nSPS) is 21.5. The highest BCUT2D eigenvalue weighted by Crippen LogP contribution is 2.64. The monoisotopic (exact) mass is 681 g/mol. The van der Waals surface area contributed by atoms with Crippen LogP contribution in [0, 0.1) is 17.8 Å². The van der Waals surface area contributed by atoms with Crippen molar-refractivity contribution < 1.29 is 0 Å². The summed E-state index contributed by atoms with van der Waals surface area (Å²) in [6, 6.07) is 56.9. The molecule has 12 rings (SSSR count). The molecule has 3 heteroatoms. The Kier molecular flexibility index (Phi) is 6.98. The molecule has 8 aromatic rings. The minimum atomic E-state index is 0.387. The van der Waals surface area contributed by atoms with Crippen LogP contribution in [0.4, 0.5) is 0 Å². The van der Waals surface area contributed by atoms with E-state index >= 15 is 0 Å². The summed E-state index contributed by atoms with van der Waals surface area (Å²) >= 11 is 0. The lowest BCUT2D eigenvalue weighted by Gasteiger charge is -2.39. The van der Waals surface area contributed by atoms with Crippen LogP contribution in [0.5, 0.6) is 0 Å². The summed E-state index contributed by atoms with van der Waals surface area (Å²) in [6.45, 7) is 0. The second-order valence-corrected chi connectivity index (χ2v) is 15.9. The van der Waals surface area contributed by atoms with Crippen molar-refractivity contribution in [3.8, 4) is 56.4 Å². The number of rotatable bonds is 6. The Morgan fingerprint density at radius 1 is 0.377 bits per heavy atom. The summed E-state index contributed by atoms with van der Waals surface area (Å²) in [7, 11) is 0. The molecule has 0 spiro atoms. The Labute approximate surface area is 310 Å². The minimum Gasteiger partial charge on any atom is -0.208 e. The molecule has 2 unspecified atom stereocenters. The summed E-state index contributed by atoms with van der Waals surface area (Å²) in [4.78, 5) is 15.2. The van der Waals surface area contributed by atoms with Crippen molar-refractivity contribution in [2.24, 2.45) is 17.8 Å². The Balaban J connectivity index is 0.950. The van der Waals surface area contributed by atoms with Gasteiger partial charge in [-0.2, -0.15) is 0 Å². The quantitative estimate of drug-likeness (QED) is 0.175. The first kappa shape index (κ1) is 30.7. The van der Waals surface area contributed by atoms with Gasteiger partial charge in [0.2, 0.25) is 0 Å². The average Bonchev–Trinajstić information content (AvgIpc) is 3.66. The van der Waals surface area contributed by atoms with Gasteiger partial charge in [0.15, 0.2) is 17.5 Å². The average molecular weight is 682 g/mol. The van der Waals surface area contributed by atoms with Crippen molar-refractivity contribution in [2.75, 3.05) is 0 Å². The first-order valence-corrected chi connectivity index (χ1v) is 19.2. The first-order chi connectivity index (χ1) is 26.1. The third-order valence-electron chi connectivity index (χ3n) is 12.7. The molecule has 4 fully saturated rings. The molecule has 0 N–H and O–H groups in total. The Bertz CT molecular complexity index is 2660. The standard InChI is InChI=1S/C50H39N3/c1-2-9-34(10-3-1)47-51-48(35-20-22-44(23-21-35)50-29-32-24-42(30-50)43(25-32)31-50)53-49(52-47)41-19-16-37-27-40(18-15-38(37)28-41)46-13-7-6-12-45(46)39-17-14-33-8-4-5-11-36(33)26-39/h1-23,26-28,32,42-43H,24-25,29-31H2. The maximum atomic E-state index is 5.12. The van der Waals surface area contributed by atoms with E-state index in [-0.39, 0.29) is 0 Å². The molecule has 53 heavy (non-hydrogen) atoms. The molecule has 4 aliphatic carbocycles. The highest BCUT2D eigenvalue weighted by Gasteiger charge is 2.56. The molecule has 3 nitrogen and oxygen atoms in total. The van der Waals surface area contributed by atoms with Crippen LogP contribution in [-0.4, -0.2) is 15.0 Å². The highest BCUT2D eigenvalue weighted by molar-refractivity contribution is 5.95. The van der Waals surface area contributed by atoms with Crippen LogP contribution >= 0.6 is 0 Å². The topological polar surface area (TPSA) is 38.7 Å². The summed E-state index contributed by atoms with van der Waals surface area (Å²) in [5.41, 5.74) is 9.79. The molecule has 4 aliphatic rings. The van der Waals surface area contributed by atoms with Crippen LogP contribution in [0.2, 0.25) is 0 Å². The number of nitrogens with zero attached hydrogens (tertiary/aromatic N) is 3. The van der Waals surface area contributed by atoms with Crippen molar-refractivity contribution >= 4 is 21.5 Å². The van der Waals surface area contributed by atoms with Crippen molar-refractivity contribution in [1.82, 2.24) is 15.0 Å². The zero-order chi connectivity index (χ0) is 34.9. The smallest absolute Gasteiger partial charge is 0.164 e. The van der Waals surface area contributed by atoms with Gasteiger partial charge in [-0.3, -0.25) is 0 Å². The zero-order valence-electron chi connectivity index (χ0n) is 29.6. The molecule has 0 amide bonds. The lowest BCUT2D eigenvalue weighted by Crippen LogP contribution is -2.31. The molecule has 254 valence electrons. The van der Waals surface area contributed by atoms with Gasteiger partial charge in [0.25, 0.3) is 0 Å². The van der Waals surface area contributed by atoms with Crippen LogP contribution in [0.25, 0.3) is 78.0 Å². The fourth-order valence-electron chi connectivity index (χ4n) is 10.4. The van der Waals surface area contributed by atoms with Gasteiger partial charge in [0.05, 0.1) is 0 Å². The number of hydrogen-bond donors (Lipinski definition) is 0.